The summed E-state index contributed by atoms with van der Waals surface area (Å²) in [7, 11) is 0. The molecule has 0 amide bonds. The summed E-state index contributed by atoms with van der Waals surface area (Å²) in [6.45, 7) is 1.76. The SMILES string of the molecule is Cc1ncccc1-c1cc(OC(F)(F)F)ccc1N. The molecule has 0 aliphatic heterocycles. The second-order valence-corrected chi connectivity index (χ2v) is 3.93. The Hall–Kier alpha value is -2.24. The number of halogens is 3. The highest BCUT2D eigenvalue weighted by Gasteiger charge is 2.31. The van der Waals surface area contributed by atoms with Crippen molar-refractivity contribution in [2.75, 3.05) is 5.73 Å². The van der Waals surface area contributed by atoms with E-state index in [4.69, 9.17) is 5.73 Å². The van der Waals surface area contributed by atoms with Crippen molar-refractivity contribution in [1.29, 1.82) is 0 Å². The highest BCUT2D eigenvalue weighted by atomic mass is 19.4. The van der Waals surface area contributed by atoms with Crippen LogP contribution < -0.4 is 10.5 Å². The first kappa shape index (κ1) is 13.2. The van der Waals surface area contributed by atoms with E-state index in [-0.39, 0.29) is 5.75 Å². The van der Waals surface area contributed by atoms with Gasteiger partial charge in [0.1, 0.15) is 5.75 Å². The highest BCUT2D eigenvalue weighted by Crippen LogP contribution is 2.33. The predicted molar refractivity (Wildman–Crippen MR) is 65.5 cm³/mol. The number of anilines is 1. The van der Waals surface area contributed by atoms with Gasteiger partial charge in [-0.3, -0.25) is 4.98 Å². The van der Waals surface area contributed by atoms with E-state index in [1.165, 1.54) is 18.2 Å². The minimum Gasteiger partial charge on any atom is -0.406 e. The minimum absolute atomic E-state index is 0.306. The fourth-order valence-corrected chi connectivity index (χ4v) is 1.73. The van der Waals surface area contributed by atoms with Crippen LogP contribution in [0.3, 0.4) is 0 Å². The maximum Gasteiger partial charge on any atom is 0.573 e. The molecule has 3 nitrogen and oxygen atoms in total. The van der Waals surface area contributed by atoms with Crippen LogP contribution in [0, 0.1) is 6.92 Å². The molecule has 0 bridgehead atoms. The van der Waals surface area contributed by atoms with E-state index in [1.54, 1.807) is 25.3 Å². The number of aryl methyl sites for hydroxylation is 1. The molecule has 0 aliphatic carbocycles. The van der Waals surface area contributed by atoms with E-state index < -0.39 is 6.36 Å². The van der Waals surface area contributed by atoms with Gasteiger partial charge in [0.15, 0.2) is 0 Å². The Labute approximate surface area is 107 Å². The van der Waals surface area contributed by atoms with Gasteiger partial charge in [-0.05, 0) is 31.2 Å². The van der Waals surface area contributed by atoms with Crippen LogP contribution in [0.2, 0.25) is 0 Å². The smallest absolute Gasteiger partial charge is 0.406 e. The first-order chi connectivity index (χ1) is 8.87. The molecule has 0 fully saturated rings. The fraction of sp³-hybridized carbons (Fsp3) is 0.154. The van der Waals surface area contributed by atoms with Gasteiger partial charge in [-0.1, -0.05) is 6.07 Å². The fourth-order valence-electron chi connectivity index (χ4n) is 1.73. The molecule has 0 saturated heterocycles. The van der Waals surface area contributed by atoms with Crippen molar-refractivity contribution in [2.45, 2.75) is 13.3 Å². The zero-order valence-electron chi connectivity index (χ0n) is 10.0. The zero-order valence-corrected chi connectivity index (χ0v) is 10.0. The molecule has 0 spiro atoms. The van der Waals surface area contributed by atoms with Gasteiger partial charge in [0.2, 0.25) is 0 Å². The van der Waals surface area contributed by atoms with E-state index in [2.05, 4.69) is 9.72 Å². The summed E-state index contributed by atoms with van der Waals surface area (Å²) in [5, 5.41) is 0. The molecular weight excluding hydrogens is 257 g/mol. The molecule has 1 heterocycles. The van der Waals surface area contributed by atoms with E-state index in [0.29, 0.717) is 22.5 Å². The van der Waals surface area contributed by atoms with Crippen molar-refractivity contribution in [1.82, 2.24) is 4.98 Å². The molecule has 19 heavy (non-hydrogen) atoms. The molecule has 6 heteroatoms. The lowest BCUT2D eigenvalue weighted by molar-refractivity contribution is -0.274. The Kier molecular flexibility index (Phi) is 3.33. The summed E-state index contributed by atoms with van der Waals surface area (Å²) in [4.78, 5) is 4.08. The lowest BCUT2D eigenvalue weighted by Gasteiger charge is -2.13. The first-order valence-electron chi connectivity index (χ1n) is 5.44. The average Bonchev–Trinajstić information content (AvgIpc) is 2.31. The van der Waals surface area contributed by atoms with Gasteiger partial charge >= 0.3 is 6.36 Å². The van der Waals surface area contributed by atoms with Crippen LogP contribution in [0.1, 0.15) is 5.69 Å². The molecule has 0 atom stereocenters. The number of benzene rings is 1. The Morgan fingerprint density at radius 1 is 1.16 bits per heavy atom. The Morgan fingerprint density at radius 3 is 2.53 bits per heavy atom. The van der Waals surface area contributed by atoms with Crippen molar-refractivity contribution in [3.05, 3.63) is 42.2 Å². The van der Waals surface area contributed by atoms with Crippen molar-refractivity contribution in [3.63, 3.8) is 0 Å². The van der Waals surface area contributed by atoms with Crippen LogP contribution in [-0.4, -0.2) is 11.3 Å². The van der Waals surface area contributed by atoms with E-state index >= 15 is 0 Å². The third-order valence-electron chi connectivity index (χ3n) is 2.56. The van der Waals surface area contributed by atoms with Crippen molar-refractivity contribution in [2.24, 2.45) is 0 Å². The van der Waals surface area contributed by atoms with Crippen LogP contribution in [0.15, 0.2) is 36.5 Å². The number of hydrogen-bond acceptors (Lipinski definition) is 3. The second kappa shape index (κ2) is 4.79. The van der Waals surface area contributed by atoms with Crippen molar-refractivity contribution in [3.8, 4) is 16.9 Å². The van der Waals surface area contributed by atoms with Crippen LogP contribution in [0.25, 0.3) is 11.1 Å². The first-order valence-corrected chi connectivity index (χ1v) is 5.44. The van der Waals surface area contributed by atoms with Gasteiger partial charge in [0.05, 0.1) is 0 Å². The van der Waals surface area contributed by atoms with Crippen LogP contribution >= 0.6 is 0 Å². The van der Waals surface area contributed by atoms with Gasteiger partial charge in [0, 0.05) is 28.7 Å². The molecule has 100 valence electrons. The van der Waals surface area contributed by atoms with Crippen molar-refractivity contribution < 1.29 is 17.9 Å². The summed E-state index contributed by atoms with van der Waals surface area (Å²) in [6.07, 6.45) is -3.12. The third kappa shape index (κ3) is 3.15. The molecule has 0 radical (unpaired) electrons. The number of aromatic nitrogens is 1. The van der Waals surface area contributed by atoms with E-state index in [9.17, 15) is 13.2 Å². The number of ether oxygens (including phenoxy) is 1. The monoisotopic (exact) mass is 268 g/mol. The molecule has 1 aromatic heterocycles. The van der Waals surface area contributed by atoms with Gasteiger partial charge in [-0.25, -0.2) is 0 Å². The highest BCUT2D eigenvalue weighted by molar-refractivity contribution is 5.78. The number of rotatable bonds is 2. The maximum absolute atomic E-state index is 12.2. The van der Waals surface area contributed by atoms with E-state index in [1.807, 2.05) is 0 Å². The van der Waals surface area contributed by atoms with E-state index in [0.717, 1.165) is 0 Å². The molecule has 2 N–H and O–H groups in total. The summed E-state index contributed by atoms with van der Waals surface area (Å²) in [6, 6.07) is 7.25. The van der Waals surface area contributed by atoms with Gasteiger partial charge in [0.25, 0.3) is 0 Å². The maximum atomic E-state index is 12.2. The Morgan fingerprint density at radius 2 is 1.89 bits per heavy atom. The number of hydrogen-bond donors (Lipinski definition) is 1. The average molecular weight is 268 g/mol. The largest absolute Gasteiger partial charge is 0.573 e. The van der Waals surface area contributed by atoms with Crippen LogP contribution in [0.5, 0.6) is 5.75 Å². The van der Waals surface area contributed by atoms with Gasteiger partial charge in [-0.2, -0.15) is 0 Å². The molecule has 2 rings (SSSR count). The van der Waals surface area contributed by atoms with Crippen molar-refractivity contribution >= 4 is 5.69 Å². The Bertz CT molecular complexity index is 597. The number of pyridine rings is 1. The summed E-state index contributed by atoms with van der Waals surface area (Å²) in [5.41, 5.74) is 7.97. The normalized spacial score (nSPS) is 11.4. The Balaban J connectivity index is 2.46. The molecule has 0 saturated carbocycles. The number of nitrogen functional groups attached to an aromatic ring is 1. The number of alkyl halides is 3. The third-order valence-corrected chi connectivity index (χ3v) is 2.56. The minimum atomic E-state index is -4.72. The van der Waals surface area contributed by atoms with Gasteiger partial charge < -0.3 is 10.5 Å². The molecule has 0 unspecified atom stereocenters. The summed E-state index contributed by atoms with van der Waals surface area (Å²) in [5.74, 6) is -0.306. The number of nitrogens with two attached hydrogens (primary N) is 1. The predicted octanol–water partition coefficient (Wildman–Crippen LogP) is 3.54. The summed E-state index contributed by atoms with van der Waals surface area (Å²) < 4.78 is 40.5. The topological polar surface area (TPSA) is 48.1 Å². The van der Waals surface area contributed by atoms with Crippen LogP contribution in [-0.2, 0) is 0 Å². The summed E-state index contributed by atoms with van der Waals surface area (Å²) >= 11 is 0. The molecular formula is C13H11F3N2O. The lowest BCUT2D eigenvalue weighted by Crippen LogP contribution is -2.17. The lowest BCUT2D eigenvalue weighted by atomic mass is 10.0. The standard InChI is InChI=1S/C13H11F3N2O/c1-8-10(3-2-6-18-8)11-7-9(4-5-12(11)17)19-13(14,15)16/h2-7H,17H2,1H3. The second-order valence-electron chi connectivity index (χ2n) is 3.93. The van der Waals surface area contributed by atoms with Gasteiger partial charge in [-0.15, -0.1) is 13.2 Å². The number of nitrogens with zero attached hydrogens (tertiary/aromatic N) is 1. The molecule has 1 aromatic carbocycles. The molecule has 0 aliphatic rings. The molecule has 2 aromatic rings. The van der Waals surface area contributed by atoms with Crippen LogP contribution in [0.4, 0.5) is 18.9 Å². The quantitative estimate of drug-likeness (QED) is 0.847. The zero-order chi connectivity index (χ0) is 14.0.